The lowest BCUT2D eigenvalue weighted by Crippen LogP contribution is -2.27. The number of aromatic nitrogens is 2. The standard InChI is InChI=1S/C19H18FN3O3S/c1-13-4-9-16(27(24,25)23-10-2-3-11-23)12-17(13)19-22-21-18(26-19)14-5-7-15(20)8-6-14/h4-9,12H,2-3,10-11H2,1H3. The number of hydrogen-bond acceptors (Lipinski definition) is 5. The van der Waals surface area contributed by atoms with Crippen LogP contribution in [0, 0.1) is 12.7 Å². The number of sulfonamides is 1. The van der Waals surface area contributed by atoms with Crippen LogP contribution in [-0.4, -0.2) is 36.0 Å². The zero-order chi connectivity index (χ0) is 19.0. The van der Waals surface area contributed by atoms with E-state index in [0.29, 0.717) is 24.2 Å². The van der Waals surface area contributed by atoms with Crippen LogP contribution < -0.4 is 0 Å². The molecule has 0 aliphatic carbocycles. The Balaban J connectivity index is 1.71. The highest BCUT2D eigenvalue weighted by atomic mass is 32.2. The molecule has 8 heteroatoms. The second-order valence-electron chi connectivity index (χ2n) is 6.51. The summed E-state index contributed by atoms with van der Waals surface area (Å²) < 4.78 is 45.9. The first-order valence-electron chi connectivity index (χ1n) is 8.66. The first-order valence-corrected chi connectivity index (χ1v) is 10.1. The van der Waals surface area contributed by atoms with Gasteiger partial charge in [0.05, 0.1) is 4.90 Å². The topological polar surface area (TPSA) is 76.3 Å². The van der Waals surface area contributed by atoms with E-state index in [4.69, 9.17) is 4.42 Å². The van der Waals surface area contributed by atoms with Gasteiger partial charge < -0.3 is 4.42 Å². The molecule has 0 saturated carbocycles. The Morgan fingerprint density at radius 1 is 1.00 bits per heavy atom. The number of halogens is 1. The fourth-order valence-corrected chi connectivity index (χ4v) is 4.65. The van der Waals surface area contributed by atoms with E-state index >= 15 is 0 Å². The van der Waals surface area contributed by atoms with Crippen molar-refractivity contribution in [1.82, 2.24) is 14.5 Å². The zero-order valence-corrected chi connectivity index (χ0v) is 15.5. The van der Waals surface area contributed by atoms with Gasteiger partial charge in [-0.25, -0.2) is 12.8 Å². The predicted octanol–water partition coefficient (Wildman–Crippen LogP) is 3.64. The SMILES string of the molecule is Cc1ccc(S(=O)(=O)N2CCCC2)cc1-c1nnc(-c2ccc(F)cc2)o1. The normalized spacial score (nSPS) is 15.3. The molecular weight excluding hydrogens is 369 g/mol. The number of benzene rings is 2. The van der Waals surface area contributed by atoms with E-state index in [-0.39, 0.29) is 22.5 Å². The van der Waals surface area contributed by atoms with Crippen molar-refractivity contribution in [2.75, 3.05) is 13.1 Å². The summed E-state index contributed by atoms with van der Waals surface area (Å²) >= 11 is 0. The van der Waals surface area contributed by atoms with Crippen molar-refractivity contribution < 1.29 is 17.2 Å². The van der Waals surface area contributed by atoms with E-state index in [1.165, 1.54) is 16.4 Å². The molecule has 0 spiro atoms. The minimum atomic E-state index is -3.53. The summed E-state index contributed by atoms with van der Waals surface area (Å²) in [5, 5.41) is 8.05. The maximum absolute atomic E-state index is 13.1. The van der Waals surface area contributed by atoms with Crippen LogP contribution in [0.15, 0.2) is 51.8 Å². The molecule has 2 aromatic carbocycles. The molecule has 27 heavy (non-hydrogen) atoms. The number of aryl methyl sites for hydroxylation is 1. The van der Waals surface area contributed by atoms with Gasteiger partial charge in [0.15, 0.2) is 0 Å². The van der Waals surface area contributed by atoms with Crippen molar-refractivity contribution in [2.24, 2.45) is 0 Å². The maximum atomic E-state index is 13.1. The second kappa shape index (κ2) is 6.86. The second-order valence-corrected chi connectivity index (χ2v) is 8.45. The summed E-state index contributed by atoms with van der Waals surface area (Å²) in [5.41, 5.74) is 1.98. The summed E-state index contributed by atoms with van der Waals surface area (Å²) in [6, 6.07) is 10.6. The molecule has 1 aromatic heterocycles. The monoisotopic (exact) mass is 387 g/mol. The Bertz CT molecular complexity index is 1070. The van der Waals surface area contributed by atoms with E-state index in [1.54, 1.807) is 30.3 Å². The van der Waals surface area contributed by atoms with E-state index < -0.39 is 10.0 Å². The van der Waals surface area contributed by atoms with Crippen LogP contribution in [0.4, 0.5) is 4.39 Å². The van der Waals surface area contributed by atoms with E-state index in [1.807, 2.05) is 6.92 Å². The van der Waals surface area contributed by atoms with Gasteiger partial charge in [-0.3, -0.25) is 0 Å². The van der Waals surface area contributed by atoms with Gasteiger partial charge in [-0.1, -0.05) is 6.07 Å². The van der Waals surface area contributed by atoms with E-state index in [2.05, 4.69) is 10.2 Å². The Morgan fingerprint density at radius 2 is 1.67 bits per heavy atom. The molecule has 1 saturated heterocycles. The molecule has 1 aliphatic heterocycles. The highest BCUT2D eigenvalue weighted by molar-refractivity contribution is 7.89. The molecular formula is C19H18FN3O3S. The summed E-state index contributed by atoms with van der Waals surface area (Å²) in [6.07, 6.45) is 1.76. The van der Waals surface area contributed by atoms with Gasteiger partial charge in [-0.15, -0.1) is 10.2 Å². The third-order valence-corrected chi connectivity index (χ3v) is 6.55. The summed E-state index contributed by atoms with van der Waals surface area (Å²) in [6.45, 7) is 2.94. The maximum Gasteiger partial charge on any atom is 0.248 e. The Morgan fingerprint density at radius 3 is 2.37 bits per heavy atom. The van der Waals surface area contributed by atoms with E-state index in [9.17, 15) is 12.8 Å². The molecule has 0 bridgehead atoms. The van der Waals surface area contributed by atoms with Crippen LogP contribution in [0.2, 0.25) is 0 Å². The molecule has 1 aliphatic rings. The zero-order valence-electron chi connectivity index (χ0n) is 14.7. The van der Waals surface area contributed by atoms with Gasteiger partial charge in [-0.2, -0.15) is 4.31 Å². The van der Waals surface area contributed by atoms with Gasteiger partial charge in [0.1, 0.15) is 5.82 Å². The summed E-state index contributed by atoms with van der Waals surface area (Å²) in [5.74, 6) is 0.122. The average molecular weight is 387 g/mol. The first-order chi connectivity index (χ1) is 12.9. The molecule has 3 aromatic rings. The van der Waals surface area contributed by atoms with Crippen LogP contribution >= 0.6 is 0 Å². The van der Waals surface area contributed by atoms with Crippen LogP contribution in [0.5, 0.6) is 0 Å². The van der Waals surface area contributed by atoms with Gasteiger partial charge >= 0.3 is 0 Å². The lowest BCUT2D eigenvalue weighted by atomic mass is 10.1. The third kappa shape index (κ3) is 3.38. The van der Waals surface area contributed by atoms with Crippen molar-refractivity contribution in [2.45, 2.75) is 24.7 Å². The largest absolute Gasteiger partial charge is 0.416 e. The first kappa shape index (κ1) is 17.8. The molecule has 1 fully saturated rings. The number of nitrogens with zero attached hydrogens (tertiary/aromatic N) is 3. The molecule has 4 rings (SSSR count). The van der Waals surface area contributed by atoms with Gasteiger partial charge in [0.2, 0.25) is 21.8 Å². The van der Waals surface area contributed by atoms with Crippen molar-refractivity contribution >= 4 is 10.0 Å². The molecule has 0 amide bonds. The Labute approximate surface area is 156 Å². The summed E-state index contributed by atoms with van der Waals surface area (Å²) in [7, 11) is -3.53. The van der Waals surface area contributed by atoms with Crippen molar-refractivity contribution in [3.63, 3.8) is 0 Å². The predicted molar refractivity (Wildman–Crippen MR) is 97.9 cm³/mol. The Kier molecular flexibility index (Phi) is 4.53. The van der Waals surface area contributed by atoms with Crippen LogP contribution in [0.1, 0.15) is 18.4 Å². The minimum absolute atomic E-state index is 0.214. The van der Waals surface area contributed by atoms with Gasteiger partial charge in [-0.05, 0) is 61.7 Å². The minimum Gasteiger partial charge on any atom is -0.416 e. The average Bonchev–Trinajstić information content (AvgIpc) is 3.35. The molecule has 140 valence electrons. The van der Waals surface area contributed by atoms with Crippen molar-refractivity contribution in [3.8, 4) is 22.9 Å². The molecule has 0 radical (unpaired) electrons. The fraction of sp³-hybridized carbons (Fsp3) is 0.263. The van der Waals surface area contributed by atoms with Crippen molar-refractivity contribution in [3.05, 3.63) is 53.8 Å². The molecule has 0 atom stereocenters. The quantitative estimate of drug-likeness (QED) is 0.683. The Hall–Kier alpha value is -2.58. The van der Waals surface area contributed by atoms with Crippen LogP contribution in [-0.2, 0) is 10.0 Å². The number of hydrogen-bond donors (Lipinski definition) is 0. The van der Waals surface area contributed by atoms with Gasteiger partial charge in [0, 0.05) is 24.2 Å². The molecule has 6 nitrogen and oxygen atoms in total. The lowest BCUT2D eigenvalue weighted by molar-refractivity contribution is 0.477. The number of rotatable bonds is 4. The molecule has 2 heterocycles. The molecule has 0 N–H and O–H groups in total. The summed E-state index contributed by atoms with van der Waals surface area (Å²) in [4.78, 5) is 0.214. The smallest absolute Gasteiger partial charge is 0.248 e. The van der Waals surface area contributed by atoms with E-state index in [0.717, 1.165) is 18.4 Å². The van der Waals surface area contributed by atoms with Crippen molar-refractivity contribution in [1.29, 1.82) is 0 Å². The molecule has 0 unspecified atom stereocenters. The third-order valence-electron chi connectivity index (χ3n) is 4.66. The highest BCUT2D eigenvalue weighted by Gasteiger charge is 2.28. The lowest BCUT2D eigenvalue weighted by Gasteiger charge is -2.16. The van der Waals surface area contributed by atoms with Crippen LogP contribution in [0.3, 0.4) is 0 Å². The fourth-order valence-electron chi connectivity index (χ4n) is 3.11. The van der Waals surface area contributed by atoms with Gasteiger partial charge in [0.25, 0.3) is 0 Å². The highest BCUT2D eigenvalue weighted by Crippen LogP contribution is 2.30. The van der Waals surface area contributed by atoms with Crippen LogP contribution in [0.25, 0.3) is 22.9 Å².